The second kappa shape index (κ2) is 11.1. The quantitative estimate of drug-likeness (QED) is 0.208. The molecule has 0 saturated heterocycles. The normalized spacial score (nSPS) is 11.2. The molecule has 1 N–H and O–H groups in total. The molecule has 176 valence electrons. The van der Waals surface area contributed by atoms with Gasteiger partial charge in [-0.05, 0) is 54.1 Å². The number of hydrogen-bond acceptors (Lipinski definition) is 6. The summed E-state index contributed by atoms with van der Waals surface area (Å²) in [4.78, 5) is 12.5. The van der Waals surface area contributed by atoms with Gasteiger partial charge >= 0.3 is 10.1 Å². The number of carbonyl (C=O) groups is 1. The molecule has 35 heavy (non-hydrogen) atoms. The van der Waals surface area contributed by atoms with E-state index in [0.717, 1.165) is 5.56 Å². The number of ether oxygens (including phenoxy) is 1. The maximum atomic E-state index is 12.5. The Bertz CT molecular complexity index is 1410. The predicted octanol–water partition coefficient (Wildman–Crippen LogP) is 4.80. The lowest BCUT2D eigenvalue weighted by Gasteiger charge is -2.09. The summed E-state index contributed by atoms with van der Waals surface area (Å²) in [5.41, 5.74) is 4.26. The molecule has 4 aromatic rings. The molecule has 0 saturated carbocycles. The van der Waals surface area contributed by atoms with E-state index >= 15 is 0 Å². The van der Waals surface area contributed by atoms with Crippen molar-refractivity contribution in [1.29, 1.82) is 0 Å². The van der Waals surface area contributed by atoms with Crippen LogP contribution in [0.4, 0.5) is 0 Å². The maximum Gasteiger partial charge on any atom is 0.339 e. The molecule has 0 atom stereocenters. The molecule has 0 spiro atoms. The van der Waals surface area contributed by atoms with Crippen molar-refractivity contribution in [3.8, 4) is 11.5 Å². The van der Waals surface area contributed by atoms with Crippen molar-refractivity contribution >= 4 is 22.2 Å². The number of nitrogens with zero attached hydrogens (tertiary/aromatic N) is 1. The zero-order chi connectivity index (χ0) is 24.5. The summed E-state index contributed by atoms with van der Waals surface area (Å²) in [6.45, 7) is 0.429. The third-order valence-corrected chi connectivity index (χ3v) is 6.13. The van der Waals surface area contributed by atoms with Crippen LogP contribution in [0.3, 0.4) is 0 Å². The number of hydrazone groups is 1. The summed E-state index contributed by atoms with van der Waals surface area (Å²) in [5.74, 6) is 0.306. The average molecular weight is 487 g/mol. The van der Waals surface area contributed by atoms with Crippen molar-refractivity contribution in [2.45, 2.75) is 11.5 Å². The molecule has 4 aromatic carbocycles. The zero-order valence-corrected chi connectivity index (χ0v) is 19.4. The van der Waals surface area contributed by atoms with Crippen LogP contribution in [0.15, 0.2) is 119 Å². The van der Waals surface area contributed by atoms with Crippen molar-refractivity contribution in [2.75, 3.05) is 0 Å². The van der Waals surface area contributed by atoms with Gasteiger partial charge in [-0.1, -0.05) is 60.7 Å². The van der Waals surface area contributed by atoms with Crippen molar-refractivity contribution in [2.24, 2.45) is 5.10 Å². The third-order valence-electron chi connectivity index (χ3n) is 4.88. The molecular formula is C27H22N2O5S. The van der Waals surface area contributed by atoms with Gasteiger partial charge in [-0.25, -0.2) is 5.43 Å². The lowest BCUT2D eigenvalue weighted by Crippen LogP contribution is -2.17. The van der Waals surface area contributed by atoms with Gasteiger partial charge in [0.05, 0.1) is 6.21 Å². The van der Waals surface area contributed by atoms with Gasteiger partial charge in [-0.2, -0.15) is 13.5 Å². The summed E-state index contributed by atoms with van der Waals surface area (Å²) in [6, 6.07) is 30.8. The minimum absolute atomic E-state index is 0.0382. The van der Waals surface area contributed by atoms with Gasteiger partial charge in [0, 0.05) is 11.1 Å². The minimum atomic E-state index is -4.01. The van der Waals surface area contributed by atoms with E-state index in [1.807, 2.05) is 30.3 Å². The van der Waals surface area contributed by atoms with Gasteiger partial charge in [0.15, 0.2) is 5.75 Å². The molecule has 0 aliphatic rings. The SMILES string of the molecule is O=C(N/N=C/c1ccccc1OS(=O)(=O)c1ccccc1)c1ccc(OCc2ccccc2)cc1. The monoisotopic (exact) mass is 486 g/mol. The van der Waals surface area contributed by atoms with Gasteiger partial charge in [-0.15, -0.1) is 0 Å². The Morgan fingerprint density at radius 3 is 2.14 bits per heavy atom. The van der Waals surface area contributed by atoms with Crippen molar-refractivity contribution < 1.29 is 22.1 Å². The third kappa shape index (κ3) is 6.55. The average Bonchev–Trinajstić information content (AvgIpc) is 2.89. The number of carbonyl (C=O) groups excluding carboxylic acids is 1. The first-order valence-electron chi connectivity index (χ1n) is 10.7. The van der Waals surface area contributed by atoms with Crippen LogP contribution in [-0.4, -0.2) is 20.5 Å². The van der Waals surface area contributed by atoms with Gasteiger partial charge < -0.3 is 8.92 Å². The highest BCUT2D eigenvalue weighted by atomic mass is 32.2. The van der Waals surface area contributed by atoms with E-state index in [-0.39, 0.29) is 10.6 Å². The highest BCUT2D eigenvalue weighted by Gasteiger charge is 2.17. The second-order valence-corrected chi connectivity index (χ2v) is 8.93. The van der Waals surface area contributed by atoms with Gasteiger partial charge in [-0.3, -0.25) is 4.79 Å². The Kier molecular flexibility index (Phi) is 7.54. The molecule has 1 amide bonds. The van der Waals surface area contributed by atoms with Crippen LogP contribution in [0, 0.1) is 0 Å². The summed E-state index contributed by atoms with van der Waals surface area (Å²) in [6.07, 6.45) is 1.32. The smallest absolute Gasteiger partial charge is 0.339 e. The molecule has 7 nitrogen and oxygen atoms in total. The molecular weight excluding hydrogens is 464 g/mol. The van der Waals surface area contributed by atoms with Crippen LogP contribution in [0.1, 0.15) is 21.5 Å². The topological polar surface area (TPSA) is 94.1 Å². The largest absolute Gasteiger partial charge is 0.489 e. The molecule has 4 rings (SSSR count). The van der Waals surface area contributed by atoms with Crippen LogP contribution < -0.4 is 14.3 Å². The minimum Gasteiger partial charge on any atom is -0.489 e. The van der Waals surface area contributed by atoms with Crippen LogP contribution in [0.5, 0.6) is 11.5 Å². The van der Waals surface area contributed by atoms with E-state index < -0.39 is 16.0 Å². The van der Waals surface area contributed by atoms with Gasteiger partial charge in [0.25, 0.3) is 5.91 Å². The van der Waals surface area contributed by atoms with Gasteiger partial charge in [0.1, 0.15) is 17.3 Å². The van der Waals surface area contributed by atoms with E-state index in [2.05, 4.69) is 10.5 Å². The lowest BCUT2D eigenvalue weighted by atomic mass is 10.2. The van der Waals surface area contributed by atoms with Crippen LogP contribution in [0.25, 0.3) is 0 Å². The Balaban J connectivity index is 1.37. The molecule has 0 aliphatic heterocycles. The fraction of sp³-hybridized carbons (Fsp3) is 0.0370. The molecule has 8 heteroatoms. The Morgan fingerprint density at radius 2 is 1.43 bits per heavy atom. The number of amides is 1. The highest BCUT2D eigenvalue weighted by Crippen LogP contribution is 2.22. The predicted molar refractivity (Wildman–Crippen MR) is 133 cm³/mol. The molecule has 0 aliphatic carbocycles. The van der Waals surface area contributed by atoms with E-state index in [1.54, 1.807) is 60.7 Å². The first-order chi connectivity index (χ1) is 17.0. The fourth-order valence-electron chi connectivity index (χ4n) is 3.08. The van der Waals surface area contributed by atoms with Crippen LogP contribution in [0.2, 0.25) is 0 Å². The van der Waals surface area contributed by atoms with Crippen molar-refractivity contribution in [3.63, 3.8) is 0 Å². The van der Waals surface area contributed by atoms with E-state index in [1.165, 1.54) is 24.4 Å². The van der Waals surface area contributed by atoms with E-state index in [4.69, 9.17) is 8.92 Å². The second-order valence-electron chi connectivity index (χ2n) is 7.39. The van der Waals surface area contributed by atoms with Crippen LogP contribution in [-0.2, 0) is 16.7 Å². The molecule has 0 bridgehead atoms. The standard InChI is InChI=1S/C27H22N2O5S/c30-27(22-15-17-24(18-16-22)33-20-21-9-3-1-4-10-21)29-28-19-23-11-7-8-14-26(23)34-35(31,32)25-12-5-2-6-13-25/h1-19H,20H2,(H,29,30)/b28-19+. The van der Waals surface area contributed by atoms with Crippen molar-refractivity contribution in [3.05, 3.63) is 126 Å². The van der Waals surface area contributed by atoms with E-state index in [0.29, 0.717) is 23.5 Å². The molecule has 0 unspecified atom stereocenters. The summed E-state index contributed by atoms with van der Waals surface area (Å²) in [5, 5.41) is 3.95. The number of hydrogen-bond donors (Lipinski definition) is 1. The summed E-state index contributed by atoms with van der Waals surface area (Å²) < 4.78 is 36.1. The van der Waals surface area contributed by atoms with Crippen molar-refractivity contribution in [1.82, 2.24) is 5.43 Å². The van der Waals surface area contributed by atoms with Crippen LogP contribution >= 0.6 is 0 Å². The number of para-hydroxylation sites is 1. The number of nitrogens with one attached hydrogen (secondary N) is 1. The Labute approximate surface area is 203 Å². The fourth-order valence-corrected chi connectivity index (χ4v) is 4.06. The zero-order valence-electron chi connectivity index (χ0n) is 18.6. The molecule has 0 heterocycles. The highest BCUT2D eigenvalue weighted by molar-refractivity contribution is 7.87. The summed E-state index contributed by atoms with van der Waals surface area (Å²) >= 11 is 0. The molecule has 0 radical (unpaired) electrons. The maximum absolute atomic E-state index is 12.5. The molecule has 0 fully saturated rings. The summed E-state index contributed by atoms with van der Waals surface area (Å²) in [7, 11) is -4.01. The lowest BCUT2D eigenvalue weighted by molar-refractivity contribution is 0.0955. The Morgan fingerprint density at radius 1 is 0.800 bits per heavy atom. The van der Waals surface area contributed by atoms with Gasteiger partial charge in [0.2, 0.25) is 0 Å². The number of rotatable bonds is 9. The first kappa shape index (κ1) is 23.7. The first-order valence-corrected chi connectivity index (χ1v) is 12.1. The molecule has 0 aromatic heterocycles. The Hall–Kier alpha value is -4.43. The number of benzene rings is 4. The van der Waals surface area contributed by atoms with E-state index in [9.17, 15) is 13.2 Å².